The van der Waals surface area contributed by atoms with E-state index in [4.69, 9.17) is 10.5 Å². The van der Waals surface area contributed by atoms with Crippen LogP contribution in [-0.4, -0.2) is 31.2 Å². The molecule has 88 valence electrons. The Bertz CT molecular complexity index is 338. The van der Waals surface area contributed by atoms with Crippen LogP contribution in [0.1, 0.15) is 18.4 Å². The van der Waals surface area contributed by atoms with Gasteiger partial charge in [0, 0.05) is 19.9 Å². The average Bonchev–Trinajstić information content (AvgIpc) is 2.29. The monoisotopic (exact) mass is 223 g/mol. The normalized spacial score (nSPS) is 12.1. The van der Waals surface area contributed by atoms with Gasteiger partial charge in [-0.2, -0.15) is 0 Å². The van der Waals surface area contributed by atoms with Crippen LogP contribution in [0.2, 0.25) is 0 Å². The first-order chi connectivity index (χ1) is 7.65. The number of aromatic nitrogens is 1. The van der Waals surface area contributed by atoms with Crippen LogP contribution < -0.4 is 11.1 Å². The fourth-order valence-electron chi connectivity index (χ4n) is 1.21. The number of carbonyl (C=O) groups excluding carboxylic acids is 1. The second-order valence-electron chi connectivity index (χ2n) is 3.52. The molecule has 0 saturated carbocycles. The minimum Gasteiger partial charge on any atom is -0.383 e. The van der Waals surface area contributed by atoms with Gasteiger partial charge in [-0.15, -0.1) is 0 Å². The third-order valence-electron chi connectivity index (χ3n) is 2.33. The lowest BCUT2D eigenvalue weighted by Crippen LogP contribution is -2.19. The zero-order valence-corrected chi connectivity index (χ0v) is 9.56. The summed E-state index contributed by atoms with van der Waals surface area (Å²) in [6.07, 6.45) is 1.66. The molecule has 0 saturated heterocycles. The number of primary amides is 1. The number of hydrogen-bond acceptors (Lipinski definition) is 4. The molecule has 1 heterocycles. The summed E-state index contributed by atoms with van der Waals surface area (Å²) in [6, 6.07) is 3.67. The van der Waals surface area contributed by atoms with E-state index >= 15 is 0 Å². The van der Waals surface area contributed by atoms with Crippen LogP contribution in [0.25, 0.3) is 0 Å². The van der Waals surface area contributed by atoms with E-state index in [2.05, 4.69) is 10.3 Å². The molecule has 1 unspecified atom stereocenters. The highest BCUT2D eigenvalue weighted by molar-refractivity contribution is 5.81. The molecule has 16 heavy (non-hydrogen) atoms. The molecule has 0 aliphatic heterocycles. The summed E-state index contributed by atoms with van der Waals surface area (Å²) in [5, 5.41) is 3.09. The molecule has 1 atom stereocenters. The van der Waals surface area contributed by atoms with Crippen molar-refractivity contribution in [2.75, 3.05) is 25.6 Å². The number of pyridine rings is 1. The molecular formula is C11H17N3O2. The number of methoxy groups -OCH3 is 1. The molecule has 0 aliphatic rings. The lowest BCUT2D eigenvalue weighted by atomic mass is 10.0. The number of nitrogens with one attached hydrogen (secondary N) is 1. The summed E-state index contributed by atoms with van der Waals surface area (Å²) in [5.74, 6) is 0.111. The highest BCUT2D eigenvalue weighted by Crippen LogP contribution is 2.14. The number of amides is 1. The molecule has 0 fully saturated rings. The minimum atomic E-state index is -0.345. The second-order valence-corrected chi connectivity index (χ2v) is 3.52. The van der Waals surface area contributed by atoms with Crippen LogP contribution in [0.3, 0.4) is 0 Å². The van der Waals surface area contributed by atoms with Crippen molar-refractivity contribution < 1.29 is 9.53 Å². The van der Waals surface area contributed by atoms with E-state index in [0.717, 1.165) is 11.4 Å². The zero-order chi connectivity index (χ0) is 12.0. The topological polar surface area (TPSA) is 77.2 Å². The molecule has 0 radical (unpaired) electrons. The molecule has 1 rings (SSSR count). The Balaban J connectivity index is 2.57. The Morgan fingerprint density at radius 1 is 1.62 bits per heavy atom. The molecule has 1 amide bonds. The molecule has 0 spiro atoms. The van der Waals surface area contributed by atoms with Gasteiger partial charge in [0.1, 0.15) is 5.82 Å². The van der Waals surface area contributed by atoms with E-state index in [1.165, 1.54) is 0 Å². The van der Waals surface area contributed by atoms with E-state index in [1.807, 2.05) is 12.1 Å². The van der Waals surface area contributed by atoms with Gasteiger partial charge >= 0.3 is 0 Å². The Hall–Kier alpha value is -1.62. The number of ether oxygens (including phenoxy) is 1. The molecule has 5 nitrogen and oxygen atoms in total. The maximum atomic E-state index is 11.0. The van der Waals surface area contributed by atoms with Gasteiger partial charge in [0.25, 0.3) is 0 Å². The highest BCUT2D eigenvalue weighted by Gasteiger charge is 2.11. The number of anilines is 1. The summed E-state index contributed by atoms with van der Waals surface area (Å²) in [4.78, 5) is 15.1. The second kappa shape index (κ2) is 6.07. The number of hydrogen-bond donors (Lipinski definition) is 2. The van der Waals surface area contributed by atoms with Gasteiger partial charge in [0.2, 0.25) is 5.91 Å². The Kier molecular flexibility index (Phi) is 4.72. The first-order valence-electron chi connectivity index (χ1n) is 5.13. The van der Waals surface area contributed by atoms with Crippen molar-refractivity contribution in [2.45, 2.75) is 12.8 Å². The maximum absolute atomic E-state index is 11.0. The van der Waals surface area contributed by atoms with E-state index in [0.29, 0.717) is 13.2 Å². The Morgan fingerprint density at radius 2 is 2.38 bits per heavy atom. The van der Waals surface area contributed by atoms with Crippen molar-refractivity contribution in [3.8, 4) is 0 Å². The van der Waals surface area contributed by atoms with Crippen LogP contribution in [-0.2, 0) is 9.53 Å². The molecule has 3 N–H and O–H groups in total. The van der Waals surface area contributed by atoms with Crippen LogP contribution in [0.5, 0.6) is 0 Å². The van der Waals surface area contributed by atoms with Gasteiger partial charge in [-0.1, -0.05) is 6.07 Å². The predicted molar refractivity (Wildman–Crippen MR) is 62.2 cm³/mol. The molecule has 5 heteroatoms. The smallest absolute Gasteiger partial charge is 0.224 e. The molecule has 0 aliphatic carbocycles. The van der Waals surface area contributed by atoms with Crippen LogP contribution in [0.4, 0.5) is 5.82 Å². The van der Waals surface area contributed by atoms with Crippen molar-refractivity contribution >= 4 is 11.7 Å². The van der Waals surface area contributed by atoms with Crippen LogP contribution >= 0.6 is 0 Å². The van der Waals surface area contributed by atoms with Crippen molar-refractivity contribution in [3.05, 3.63) is 23.9 Å². The van der Waals surface area contributed by atoms with Gasteiger partial charge in [-0.3, -0.25) is 4.79 Å². The predicted octanol–water partition coefficient (Wildman–Crippen LogP) is 0.729. The van der Waals surface area contributed by atoms with Crippen LogP contribution in [0, 0.1) is 0 Å². The number of nitrogens with zero attached hydrogens (tertiary/aromatic N) is 1. The minimum absolute atomic E-state index is 0.305. The lowest BCUT2D eigenvalue weighted by molar-refractivity contribution is -0.119. The summed E-state index contributed by atoms with van der Waals surface area (Å²) >= 11 is 0. The number of carbonyl (C=O) groups is 1. The lowest BCUT2D eigenvalue weighted by Gasteiger charge is -2.09. The van der Waals surface area contributed by atoms with Crippen molar-refractivity contribution in [1.29, 1.82) is 0 Å². The van der Waals surface area contributed by atoms with Gasteiger partial charge in [-0.05, 0) is 18.6 Å². The van der Waals surface area contributed by atoms with Gasteiger partial charge in [0.05, 0.1) is 12.5 Å². The number of rotatable bonds is 6. The number of nitrogens with two attached hydrogens (primary N) is 1. The van der Waals surface area contributed by atoms with Crippen molar-refractivity contribution in [1.82, 2.24) is 4.98 Å². The van der Waals surface area contributed by atoms with Gasteiger partial charge in [0.15, 0.2) is 0 Å². The van der Waals surface area contributed by atoms with Crippen molar-refractivity contribution in [2.24, 2.45) is 5.73 Å². The van der Waals surface area contributed by atoms with E-state index in [9.17, 15) is 4.79 Å². The van der Waals surface area contributed by atoms with Gasteiger partial charge in [-0.25, -0.2) is 4.98 Å². The van der Waals surface area contributed by atoms with Crippen molar-refractivity contribution in [3.63, 3.8) is 0 Å². The van der Waals surface area contributed by atoms with Gasteiger partial charge < -0.3 is 15.8 Å². The SMILES string of the molecule is COCCNc1ccc(C(C)C(N)=O)cn1. The van der Waals surface area contributed by atoms with E-state index in [1.54, 1.807) is 20.2 Å². The highest BCUT2D eigenvalue weighted by atomic mass is 16.5. The maximum Gasteiger partial charge on any atom is 0.224 e. The summed E-state index contributed by atoms with van der Waals surface area (Å²) in [7, 11) is 1.65. The standard InChI is InChI=1S/C11H17N3O2/c1-8(11(12)15)9-3-4-10(14-7-9)13-5-6-16-2/h3-4,7-8H,5-6H2,1-2H3,(H2,12,15)(H,13,14). The third-order valence-corrected chi connectivity index (χ3v) is 2.33. The third kappa shape index (κ3) is 3.51. The Labute approximate surface area is 95.0 Å². The van der Waals surface area contributed by atoms with E-state index in [-0.39, 0.29) is 11.8 Å². The largest absolute Gasteiger partial charge is 0.383 e. The average molecular weight is 223 g/mol. The molecule has 1 aromatic rings. The first-order valence-corrected chi connectivity index (χ1v) is 5.13. The summed E-state index contributed by atoms with van der Waals surface area (Å²) < 4.78 is 4.91. The first kappa shape index (κ1) is 12.4. The Morgan fingerprint density at radius 3 is 2.88 bits per heavy atom. The molecule has 0 aromatic carbocycles. The summed E-state index contributed by atoms with van der Waals surface area (Å²) in [5.41, 5.74) is 6.03. The van der Waals surface area contributed by atoms with E-state index < -0.39 is 0 Å². The quantitative estimate of drug-likeness (QED) is 0.697. The molecular weight excluding hydrogens is 206 g/mol. The fourth-order valence-corrected chi connectivity index (χ4v) is 1.21. The fraction of sp³-hybridized carbons (Fsp3) is 0.455. The van der Waals surface area contributed by atoms with Crippen LogP contribution in [0.15, 0.2) is 18.3 Å². The summed E-state index contributed by atoms with van der Waals surface area (Å²) in [6.45, 7) is 3.09. The zero-order valence-electron chi connectivity index (χ0n) is 9.56. The molecule has 1 aromatic heterocycles. The molecule has 0 bridgehead atoms.